The van der Waals surface area contributed by atoms with Crippen molar-refractivity contribution < 1.29 is 9.15 Å². The Bertz CT molecular complexity index is 487. The zero-order valence-electron chi connectivity index (χ0n) is 14.1. The van der Waals surface area contributed by atoms with Gasteiger partial charge in [-0.2, -0.15) is 0 Å². The van der Waals surface area contributed by atoms with Crippen molar-refractivity contribution in [3.63, 3.8) is 0 Å². The van der Waals surface area contributed by atoms with Crippen LogP contribution in [-0.4, -0.2) is 37.7 Å². The molecule has 0 atom stereocenters. The molecule has 1 aliphatic carbocycles. The Morgan fingerprint density at radius 1 is 1.41 bits per heavy atom. The Labute approximate surface area is 132 Å². The number of guanidine groups is 1. The average Bonchev–Trinajstić information content (AvgIpc) is 3.15. The highest BCUT2D eigenvalue weighted by atomic mass is 16.5. The molecule has 1 aromatic rings. The summed E-state index contributed by atoms with van der Waals surface area (Å²) in [4.78, 5) is 8.46. The SMILES string of the molecule is CN=C(NCCOCC1CC1)NCc1ncc(C(C)(C)C)o1. The Kier molecular flexibility index (Phi) is 5.83. The van der Waals surface area contributed by atoms with Crippen LogP contribution < -0.4 is 10.6 Å². The summed E-state index contributed by atoms with van der Waals surface area (Å²) in [6.45, 7) is 9.15. The summed E-state index contributed by atoms with van der Waals surface area (Å²) >= 11 is 0. The summed E-state index contributed by atoms with van der Waals surface area (Å²) in [5.41, 5.74) is -0.0237. The number of rotatable bonds is 7. The minimum atomic E-state index is -0.0237. The largest absolute Gasteiger partial charge is 0.443 e. The van der Waals surface area contributed by atoms with Gasteiger partial charge < -0.3 is 19.8 Å². The molecular weight excluding hydrogens is 280 g/mol. The minimum Gasteiger partial charge on any atom is -0.443 e. The molecule has 124 valence electrons. The van der Waals surface area contributed by atoms with Crippen molar-refractivity contribution in [3.8, 4) is 0 Å². The maximum absolute atomic E-state index is 5.74. The molecule has 6 nitrogen and oxygen atoms in total. The van der Waals surface area contributed by atoms with Crippen molar-refractivity contribution in [3.05, 3.63) is 17.8 Å². The van der Waals surface area contributed by atoms with Gasteiger partial charge in [-0.1, -0.05) is 20.8 Å². The van der Waals surface area contributed by atoms with E-state index in [9.17, 15) is 0 Å². The second kappa shape index (κ2) is 7.63. The molecule has 0 saturated heterocycles. The number of hydrogen-bond acceptors (Lipinski definition) is 4. The molecule has 0 spiro atoms. The standard InChI is InChI=1S/C16H28N4O2/c1-16(2,3)13-9-19-14(22-13)10-20-15(17-4)18-7-8-21-11-12-5-6-12/h9,12H,5-8,10-11H2,1-4H3,(H2,17,18,20). The van der Waals surface area contributed by atoms with Gasteiger partial charge in [-0.05, 0) is 18.8 Å². The third-order valence-corrected chi connectivity index (χ3v) is 3.51. The van der Waals surface area contributed by atoms with E-state index >= 15 is 0 Å². The maximum atomic E-state index is 5.74. The quantitative estimate of drug-likeness (QED) is 0.458. The molecule has 0 unspecified atom stereocenters. The highest BCUT2D eigenvalue weighted by molar-refractivity contribution is 5.79. The Morgan fingerprint density at radius 3 is 2.77 bits per heavy atom. The summed E-state index contributed by atoms with van der Waals surface area (Å²) in [6.07, 6.45) is 4.44. The van der Waals surface area contributed by atoms with Crippen LogP contribution in [0.25, 0.3) is 0 Å². The summed E-state index contributed by atoms with van der Waals surface area (Å²) < 4.78 is 11.3. The van der Waals surface area contributed by atoms with Gasteiger partial charge in [0.2, 0.25) is 5.89 Å². The fraction of sp³-hybridized carbons (Fsp3) is 0.750. The molecule has 2 N–H and O–H groups in total. The van der Waals surface area contributed by atoms with Crippen LogP contribution in [0.15, 0.2) is 15.6 Å². The summed E-state index contributed by atoms with van der Waals surface area (Å²) in [7, 11) is 1.75. The van der Waals surface area contributed by atoms with E-state index in [-0.39, 0.29) is 5.41 Å². The average molecular weight is 308 g/mol. The van der Waals surface area contributed by atoms with Gasteiger partial charge in [0.1, 0.15) is 5.76 Å². The van der Waals surface area contributed by atoms with Gasteiger partial charge in [-0.25, -0.2) is 4.98 Å². The molecule has 2 rings (SSSR count). The molecule has 0 aliphatic heterocycles. The van der Waals surface area contributed by atoms with Crippen molar-refractivity contribution in [2.75, 3.05) is 26.8 Å². The first-order valence-corrected chi connectivity index (χ1v) is 7.96. The maximum Gasteiger partial charge on any atom is 0.213 e. The number of hydrogen-bond donors (Lipinski definition) is 2. The zero-order chi connectivity index (χ0) is 16.0. The van der Waals surface area contributed by atoms with Gasteiger partial charge in [0, 0.05) is 25.6 Å². The fourth-order valence-electron chi connectivity index (χ4n) is 1.89. The molecule has 1 fully saturated rings. The fourth-order valence-corrected chi connectivity index (χ4v) is 1.89. The first-order valence-electron chi connectivity index (χ1n) is 7.96. The second-order valence-corrected chi connectivity index (χ2v) is 6.74. The molecule has 22 heavy (non-hydrogen) atoms. The van der Waals surface area contributed by atoms with E-state index in [1.54, 1.807) is 13.2 Å². The van der Waals surface area contributed by atoms with Crippen LogP contribution in [0.1, 0.15) is 45.3 Å². The van der Waals surface area contributed by atoms with E-state index in [1.807, 2.05) is 0 Å². The molecule has 0 amide bonds. The third-order valence-electron chi connectivity index (χ3n) is 3.51. The van der Waals surface area contributed by atoms with Crippen LogP contribution in [0.3, 0.4) is 0 Å². The lowest BCUT2D eigenvalue weighted by Crippen LogP contribution is -2.38. The molecule has 0 radical (unpaired) electrons. The molecule has 1 aliphatic rings. The van der Waals surface area contributed by atoms with Crippen LogP contribution in [0, 0.1) is 5.92 Å². The lowest BCUT2D eigenvalue weighted by Gasteiger charge is -2.13. The highest BCUT2D eigenvalue weighted by Gasteiger charge is 2.21. The number of nitrogens with one attached hydrogen (secondary N) is 2. The monoisotopic (exact) mass is 308 g/mol. The van der Waals surface area contributed by atoms with Crippen molar-refractivity contribution in [2.45, 2.75) is 45.6 Å². The molecule has 1 saturated carbocycles. The first kappa shape index (κ1) is 16.8. The van der Waals surface area contributed by atoms with Gasteiger partial charge in [0.25, 0.3) is 0 Å². The van der Waals surface area contributed by atoms with Gasteiger partial charge >= 0.3 is 0 Å². The van der Waals surface area contributed by atoms with Gasteiger partial charge in [0.05, 0.1) is 19.3 Å². The van der Waals surface area contributed by atoms with Crippen molar-refractivity contribution in [1.82, 2.24) is 15.6 Å². The molecule has 1 aromatic heterocycles. The van der Waals surface area contributed by atoms with E-state index in [4.69, 9.17) is 9.15 Å². The third kappa shape index (κ3) is 5.67. The first-order chi connectivity index (χ1) is 10.5. The number of oxazole rings is 1. The Morgan fingerprint density at radius 2 is 2.18 bits per heavy atom. The van der Waals surface area contributed by atoms with E-state index in [0.717, 1.165) is 30.8 Å². The van der Waals surface area contributed by atoms with Gasteiger partial charge in [-0.15, -0.1) is 0 Å². The topological polar surface area (TPSA) is 71.7 Å². The predicted molar refractivity (Wildman–Crippen MR) is 86.9 cm³/mol. The molecule has 1 heterocycles. The highest BCUT2D eigenvalue weighted by Crippen LogP contribution is 2.28. The van der Waals surface area contributed by atoms with Gasteiger partial charge in [0.15, 0.2) is 5.96 Å². The Balaban J connectivity index is 1.65. The molecule has 6 heteroatoms. The van der Waals surface area contributed by atoms with Crippen LogP contribution in [0.5, 0.6) is 0 Å². The van der Waals surface area contributed by atoms with Crippen molar-refractivity contribution in [1.29, 1.82) is 0 Å². The van der Waals surface area contributed by atoms with Crippen LogP contribution >= 0.6 is 0 Å². The van der Waals surface area contributed by atoms with Crippen LogP contribution in [0.4, 0.5) is 0 Å². The summed E-state index contributed by atoms with van der Waals surface area (Å²) in [5.74, 6) is 3.09. The molecule has 0 bridgehead atoms. The Hall–Kier alpha value is -1.56. The number of aromatic nitrogens is 1. The van der Waals surface area contributed by atoms with E-state index in [1.165, 1.54) is 12.8 Å². The van der Waals surface area contributed by atoms with Gasteiger partial charge in [-0.3, -0.25) is 4.99 Å². The zero-order valence-corrected chi connectivity index (χ0v) is 14.1. The van der Waals surface area contributed by atoms with Crippen molar-refractivity contribution in [2.24, 2.45) is 10.9 Å². The normalized spacial score (nSPS) is 15.9. The lowest BCUT2D eigenvalue weighted by atomic mass is 9.94. The number of nitrogens with zero attached hydrogens (tertiary/aromatic N) is 2. The molecule has 0 aromatic carbocycles. The smallest absolute Gasteiger partial charge is 0.213 e. The molecular formula is C16H28N4O2. The van der Waals surface area contributed by atoms with Crippen LogP contribution in [-0.2, 0) is 16.7 Å². The van der Waals surface area contributed by atoms with Crippen molar-refractivity contribution >= 4 is 5.96 Å². The van der Waals surface area contributed by atoms with E-state index in [2.05, 4.69) is 41.4 Å². The number of ether oxygens (including phenoxy) is 1. The summed E-state index contributed by atoms with van der Waals surface area (Å²) in [5, 5.41) is 6.40. The van der Waals surface area contributed by atoms with E-state index in [0.29, 0.717) is 19.0 Å². The van der Waals surface area contributed by atoms with Crippen LogP contribution in [0.2, 0.25) is 0 Å². The predicted octanol–water partition coefficient (Wildman–Crippen LogP) is 2.06. The summed E-state index contributed by atoms with van der Waals surface area (Å²) in [6, 6.07) is 0. The number of aliphatic imine (C=N–C) groups is 1. The second-order valence-electron chi connectivity index (χ2n) is 6.74. The lowest BCUT2D eigenvalue weighted by molar-refractivity contribution is 0.129. The minimum absolute atomic E-state index is 0.0237. The van der Waals surface area contributed by atoms with E-state index < -0.39 is 0 Å².